The first-order chi connectivity index (χ1) is 4.71. The first-order valence-corrected chi connectivity index (χ1v) is 5.84. The van der Waals surface area contributed by atoms with E-state index in [4.69, 9.17) is 19.6 Å². The first-order valence-electron chi connectivity index (χ1n) is 2.61. The summed E-state index contributed by atoms with van der Waals surface area (Å²) in [5, 5.41) is 0. The number of hydrogen-bond donors (Lipinski definition) is 5. The zero-order valence-electron chi connectivity index (χ0n) is 6.00. The summed E-state index contributed by atoms with van der Waals surface area (Å²) in [7, 11) is -7.60. The lowest BCUT2D eigenvalue weighted by molar-refractivity contribution is 0.338. The van der Waals surface area contributed by atoms with Crippen molar-refractivity contribution in [1.82, 2.24) is 4.86 Å². The average Bonchev–Trinajstić information content (AvgIpc) is 1.60. The van der Waals surface area contributed by atoms with Crippen molar-refractivity contribution in [2.75, 3.05) is 0 Å². The van der Waals surface area contributed by atoms with Gasteiger partial charge in [0.05, 0.1) is 7.85 Å². The van der Waals surface area contributed by atoms with Gasteiger partial charge in [0.25, 0.3) is 0 Å². The van der Waals surface area contributed by atoms with Crippen molar-refractivity contribution in [2.24, 2.45) is 0 Å². The normalized spacial score (nSPS) is 11.7. The highest BCUT2D eigenvalue weighted by molar-refractivity contribution is 7.65. The lowest BCUT2D eigenvalue weighted by Crippen LogP contribution is -2.04. The van der Waals surface area contributed by atoms with Crippen LogP contribution < -0.4 is 4.86 Å². The van der Waals surface area contributed by atoms with Gasteiger partial charge in [-0.15, -0.1) is 4.86 Å². The molecule has 68 valence electrons. The molecule has 0 bridgehead atoms. The SMILES string of the molecule is BC.O=P(O)(O)NP(=O)(O)O. The second-order valence-corrected chi connectivity index (χ2v) is 4.16. The molecule has 7 nitrogen and oxygen atoms in total. The summed E-state index contributed by atoms with van der Waals surface area (Å²) < 4.78 is 19.5. The molecule has 0 atom stereocenters. The molecular weight excluding hydrogens is 195 g/mol. The van der Waals surface area contributed by atoms with Crippen LogP contribution in [-0.4, -0.2) is 27.4 Å². The summed E-state index contributed by atoms with van der Waals surface area (Å²) in [5.74, 6) is 0. The second-order valence-electron chi connectivity index (χ2n) is 1.19. The molecule has 0 heterocycles. The largest absolute Gasteiger partial charge is 0.409 e. The molecule has 5 N–H and O–H groups in total. The minimum Gasteiger partial charge on any atom is -0.312 e. The van der Waals surface area contributed by atoms with Gasteiger partial charge in [0, 0.05) is 0 Å². The van der Waals surface area contributed by atoms with Crippen LogP contribution in [0.1, 0.15) is 0 Å². The van der Waals surface area contributed by atoms with E-state index < -0.39 is 15.5 Å². The third-order valence-corrected chi connectivity index (χ3v) is 2.34. The summed E-state index contributed by atoms with van der Waals surface area (Å²) in [6.45, 7) is 2.00. The van der Waals surface area contributed by atoms with Gasteiger partial charge in [-0.2, -0.15) is 0 Å². The Morgan fingerprint density at radius 2 is 1.18 bits per heavy atom. The molecule has 0 aromatic carbocycles. The highest BCUT2D eigenvalue weighted by Gasteiger charge is 2.24. The van der Waals surface area contributed by atoms with Crippen molar-refractivity contribution in [2.45, 2.75) is 6.82 Å². The maximum atomic E-state index is 9.74. The van der Waals surface area contributed by atoms with E-state index in [-0.39, 0.29) is 0 Å². The van der Waals surface area contributed by atoms with Gasteiger partial charge in [-0.25, -0.2) is 9.13 Å². The molecule has 0 rings (SSSR count). The first kappa shape index (κ1) is 13.9. The molecule has 0 aromatic heterocycles. The predicted molar refractivity (Wildman–Crippen MR) is 41.6 cm³/mol. The van der Waals surface area contributed by atoms with Crippen LogP contribution >= 0.6 is 15.5 Å². The Bertz CT molecular complexity index is 161. The van der Waals surface area contributed by atoms with Crippen molar-refractivity contribution in [3.63, 3.8) is 0 Å². The molecule has 10 heteroatoms. The van der Waals surface area contributed by atoms with E-state index in [1.165, 1.54) is 0 Å². The smallest absolute Gasteiger partial charge is 0.312 e. The fourth-order valence-electron chi connectivity index (χ4n) is 0.170. The van der Waals surface area contributed by atoms with E-state index in [1.54, 1.807) is 0 Å². The van der Waals surface area contributed by atoms with Crippen LogP contribution in [0.5, 0.6) is 0 Å². The van der Waals surface area contributed by atoms with Gasteiger partial charge in [-0.1, -0.05) is 6.82 Å². The molecule has 0 saturated heterocycles. The van der Waals surface area contributed by atoms with Crippen LogP contribution in [-0.2, 0) is 9.13 Å². The molecule has 0 fully saturated rings. The van der Waals surface area contributed by atoms with Crippen LogP contribution in [0.4, 0.5) is 0 Å². The van der Waals surface area contributed by atoms with E-state index in [2.05, 4.69) is 0 Å². The van der Waals surface area contributed by atoms with E-state index in [1.807, 2.05) is 14.7 Å². The summed E-state index contributed by atoms with van der Waals surface area (Å²) in [5.41, 5.74) is 0. The predicted octanol–water partition coefficient (Wildman–Crippen LogP) is -1.57. The van der Waals surface area contributed by atoms with Gasteiger partial charge in [0.15, 0.2) is 0 Å². The summed E-state index contributed by atoms with van der Waals surface area (Å²) in [6, 6.07) is 0. The van der Waals surface area contributed by atoms with Gasteiger partial charge in [0.2, 0.25) is 0 Å². The van der Waals surface area contributed by atoms with Crippen molar-refractivity contribution >= 4 is 23.3 Å². The molecule has 0 radical (unpaired) electrons. The van der Waals surface area contributed by atoms with Crippen LogP contribution in [0.3, 0.4) is 0 Å². The van der Waals surface area contributed by atoms with Crippen molar-refractivity contribution < 1.29 is 28.7 Å². The quantitative estimate of drug-likeness (QED) is 0.272. The monoisotopic (exact) mass is 205 g/mol. The maximum Gasteiger partial charge on any atom is 0.409 e. The summed E-state index contributed by atoms with van der Waals surface area (Å²) in [6.07, 6.45) is 0. The molecule has 0 saturated carbocycles. The highest BCUT2D eigenvalue weighted by atomic mass is 31.3. The van der Waals surface area contributed by atoms with Gasteiger partial charge in [0.1, 0.15) is 0 Å². The topological polar surface area (TPSA) is 127 Å². The van der Waals surface area contributed by atoms with Crippen LogP contribution in [0, 0.1) is 0 Å². The minimum absolute atomic E-state index is 0.792. The van der Waals surface area contributed by atoms with Gasteiger partial charge >= 0.3 is 15.5 Å². The molecule has 0 aliphatic rings. The molecule has 0 aliphatic heterocycles. The van der Waals surface area contributed by atoms with Crippen LogP contribution in [0.25, 0.3) is 0 Å². The zero-order valence-corrected chi connectivity index (χ0v) is 7.79. The fourth-order valence-corrected chi connectivity index (χ4v) is 1.53. The average molecular weight is 205 g/mol. The molecule has 0 aliphatic carbocycles. The Morgan fingerprint density at radius 3 is 1.18 bits per heavy atom. The van der Waals surface area contributed by atoms with Crippen molar-refractivity contribution in [1.29, 1.82) is 0 Å². The lowest BCUT2D eigenvalue weighted by Gasteiger charge is -2.05. The second kappa shape index (κ2) is 5.06. The Labute approximate surface area is 64.7 Å². The van der Waals surface area contributed by atoms with Gasteiger partial charge in [-0.3, -0.25) is 0 Å². The van der Waals surface area contributed by atoms with E-state index in [0.717, 1.165) is 4.86 Å². The Kier molecular flexibility index (Phi) is 6.38. The van der Waals surface area contributed by atoms with E-state index in [9.17, 15) is 9.13 Å². The highest BCUT2D eigenvalue weighted by Crippen LogP contribution is 2.43. The third kappa shape index (κ3) is 17.9. The molecule has 0 amide bonds. The Balaban J connectivity index is 0. The third-order valence-electron chi connectivity index (χ3n) is 0.261. The standard InChI is InChI=1S/CH5B.H5NO6P2/c1-2;2-8(3,4)1-9(5,6)7/h2H2,1H3;(H5,1,2,3,4,5,6,7). The lowest BCUT2D eigenvalue weighted by atomic mass is 10.2. The molecule has 0 aromatic rings. The minimum atomic E-state index is -4.80. The van der Waals surface area contributed by atoms with Gasteiger partial charge < -0.3 is 19.6 Å². The summed E-state index contributed by atoms with van der Waals surface area (Å²) in [4.78, 5) is 32.2. The zero-order chi connectivity index (χ0) is 9.71. The van der Waals surface area contributed by atoms with Gasteiger partial charge in [-0.05, 0) is 0 Å². The van der Waals surface area contributed by atoms with E-state index in [0.29, 0.717) is 0 Å². The molecular formula is CH10BNO6P2. The van der Waals surface area contributed by atoms with Crippen molar-refractivity contribution in [3.05, 3.63) is 0 Å². The fraction of sp³-hybridized carbons (Fsp3) is 1.00. The molecule has 0 unspecified atom stereocenters. The molecule has 11 heavy (non-hydrogen) atoms. The Hall–Kier alpha value is 0.325. The maximum absolute atomic E-state index is 9.74. The molecule has 0 spiro atoms. The number of rotatable bonds is 2. The van der Waals surface area contributed by atoms with Crippen LogP contribution in [0.15, 0.2) is 0 Å². The summed E-state index contributed by atoms with van der Waals surface area (Å²) >= 11 is 0. The number of hydrogen-bond acceptors (Lipinski definition) is 2. The number of nitrogens with one attached hydrogen (secondary N) is 1. The Morgan fingerprint density at radius 1 is 1.00 bits per heavy atom. The van der Waals surface area contributed by atoms with E-state index >= 15 is 0 Å². The van der Waals surface area contributed by atoms with Crippen LogP contribution in [0.2, 0.25) is 6.82 Å². The van der Waals surface area contributed by atoms with Crippen molar-refractivity contribution in [3.8, 4) is 0 Å².